The van der Waals surface area contributed by atoms with Gasteiger partial charge in [0.2, 0.25) is 0 Å². The van der Waals surface area contributed by atoms with E-state index in [0.29, 0.717) is 32.8 Å². The Morgan fingerprint density at radius 3 is 2.27 bits per heavy atom. The zero-order chi connectivity index (χ0) is 24.0. The van der Waals surface area contributed by atoms with Crippen molar-refractivity contribution in [3.8, 4) is 5.75 Å². The van der Waals surface area contributed by atoms with Gasteiger partial charge in [0.25, 0.3) is 11.8 Å². The number of carbonyl (C=O) groups is 2. The second-order valence-corrected chi connectivity index (χ2v) is 8.37. The van der Waals surface area contributed by atoms with Gasteiger partial charge >= 0.3 is 0 Å². The summed E-state index contributed by atoms with van der Waals surface area (Å²) < 4.78 is 5.50. The predicted octanol–water partition coefficient (Wildman–Crippen LogP) is 6.13. The fourth-order valence-corrected chi connectivity index (χ4v) is 3.55. The number of benzene rings is 3. The molecule has 0 saturated heterocycles. The molecule has 0 radical (unpaired) electrons. The van der Waals surface area contributed by atoms with E-state index < -0.39 is 5.91 Å². The number of rotatable bonds is 7. The Kier molecular flexibility index (Phi) is 8.33. The molecule has 3 aromatic carbocycles. The topological polar surface area (TPSA) is 79.8 Å². The van der Waals surface area contributed by atoms with Crippen molar-refractivity contribution in [1.82, 2.24) is 5.43 Å². The number of carbonyl (C=O) groups excluding carboxylic acids is 2. The molecule has 2 N–H and O–H groups in total. The summed E-state index contributed by atoms with van der Waals surface area (Å²) >= 11 is 17.9. The van der Waals surface area contributed by atoms with Crippen molar-refractivity contribution in [2.75, 3.05) is 11.9 Å². The molecule has 9 heteroatoms. The molecule has 3 aromatic rings. The van der Waals surface area contributed by atoms with Crippen molar-refractivity contribution in [3.05, 3.63) is 92.4 Å². The van der Waals surface area contributed by atoms with Gasteiger partial charge in [0.1, 0.15) is 5.75 Å². The van der Waals surface area contributed by atoms with Crippen LogP contribution < -0.4 is 15.5 Å². The molecular weight excluding hydrogens is 485 g/mol. The minimum atomic E-state index is -0.396. The molecule has 0 unspecified atom stereocenters. The minimum Gasteiger partial charge on any atom is -0.483 e. The Labute approximate surface area is 206 Å². The maximum absolute atomic E-state index is 12.4. The van der Waals surface area contributed by atoms with Gasteiger partial charge in [-0.3, -0.25) is 9.59 Å². The summed E-state index contributed by atoms with van der Waals surface area (Å²) in [6.45, 7) is 3.42. The highest BCUT2D eigenvalue weighted by Crippen LogP contribution is 2.23. The number of ether oxygens (including phenoxy) is 1. The Morgan fingerprint density at radius 2 is 1.61 bits per heavy atom. The lowest BCUT2D eigenvalue weighted by molar-refractivity contribution is -0.123. The van der Waals surface area contributed by atoms with Crippen LogP contribution in [-0.4, -0.2) is 24.1 Å². The van der Waals surface area contributed by atoms with Gasteiger partial charge in [0, 0.05) is 15.7 Å². The van der Waals surface area contributed by atoms with E-state index in [2.05, 4.69) is 15.8 Å². The number of hydrogen-bond donors (Lipinski definition) is 2. The van der Waals surface area contributed by atoms with Crippen molar-refractivity contribution in [1.29, 1.82) is 0 Å². The number of nitrogens with zero attached hydrogens (tertiary/aromatic N) is 1. The molecule has 2 amide bonds. The Hall–Kier alpha value is -3.06. The number of hydrogen-bond acceptors (Lipinski definition) is 4. The molecule has 0 saturated carbocycles. The average molecular weight is 505 g/mol. The first-order chi connectivity index (χ1) is 15.7. The molecular formula is C24H20Cl3N3O3. The SMILES string of the molecule is CC(=NNC(=O)COc1ccc(Cl)cc1C)c1ccc(NC(=O)c2ccc(Cl)cc2Cl)cc1. The highest BCUT2D eigenvalue weighted by atomic mass is 35.5. The number of nitrogens with one attached hydrogen (secondary N) is 2. The van der Waals surface area contributed by atoms with Crippen molar-refractivity contribution in [2.45, 2.75) is 13.8 Å². The summed E-state index contributed by atoms with van der Waals surface area (Å²) in [5, 5.41) is 8.20. The van der Waals surface area contributed by atoms with Crippen molar-refractivity contribution in [2.24, 2.45) is 5.10 Å². The highest BCUT2D eigenvalue weighted by molar-refractivity contribution is 6.37. The zero-order valence-corrected chi connectivity index (χ0v) is 20.1. The number of aryl methyl sites for hydroxylation is 1. The fraction of sp³-hybridized carbons (Fsp3) is 0.125. The van der Waals surface area contributed by atoms with Gasteiger partial charge in [-0.1, -0.05) is 46.9 Å². The van der Waals surface area contributed by atoms with Gasteiger partial charge in [0.05, 0.1) is 16.3 Å². The van der Waals surface area contributed by atoms with E-state index in [0.717, 1.165) is 11.1 Å². The molecule has 3 rings (SSSR count). The van der Waals surface area contributed by atoms with Gasteiger partial charge in [-0.05, 0) is 73.5 Å². The van der Waals surface area contributed by atoms with E-state index in [1.807, 2.05) is 6.92 Å². The highest BCUT2D eigenvalue weighted by Gasteiger charge is 2.11. The maximum Gasteiger partial charge on any atom is 0.277 e. The van der Waals surface area contributed by atoms with Gasteiger partial charge < -0.3 is 10.1 Å². The summed E-state index contributed by atoms with van der Waals surface area (Å²) in [6.07, 6.45) is 0. The number of hydrazone groups is 1. The first-order valence-corrected chi connectivity index (χ1v) is 11.0. The Bertz CT molecular complexity index is 1210. The summed E-state index contributed by atoms with van der Waals surface area (Å²) in [6, 6.07) is 16.8. The molecule has 0 aromatic heterocycles. The summed E-state index contributed by atoms with van der Waals surface area (Å²) in [5.41, 5.74) is 5.56. The summed E-state index contributed by atoms with van der Waals surface area (Å²) in [5.74, 6) is -0.168. The number of anilines is 1. The van der Waals surface area contributed by atoms with Crippen molar-refractivity contribution < 1.29 is 14.3 Å². The third-order valence-electron chi connectivity index (χ3n) is 4.58. The largest absolute Gasteiger partial charge is 0.483 e. The van der Waals surface area contributed by atoms with E-state index in [4.69, 9.17) is 39.5 Å². The van der Waals surface area contributed by atoms with Crippen LogP contribution in [0.5, 0.6) is 5.75 Å². The van der Waals surface area contributed by atoms with E-state index in [1.54, 1.807) is 61.5 Å². The van der Waals surface area contributed by atoms with Crippen LogP contribution >= 0.6 is 34.8 Å². The first kappa shape index (κ1) is 24.6. The van der Waals surface area contributed by atoms with E-state index in [9.17, 15) is 9.59 Å². The van der Waals surface area contributed by atoms with Crippen molar-refractivity contribution in [3.63, 3.8) is 0 Å². The maximum atomic E-state index is 12.4. The van der Waals surface area contributed by atoms with E-state index >= 15 is 0 Å². The molecule has 6 nitrogen and oxygen atoms in total. The van der Waals surface area contributed by atoms with Gasteiger partial charge in [-0.25, -0.2) is 5.43 Å². The number of halogens is 3. The molecule has 0 spiro atoms. The monoisotopic (exact) mass is 503 g/mol. The predicted molar refractivity (Wildman–Crippen MR) is 133 cm³/mol. The Balaban J connectivity index is 1.55. The zero-order valence-electron chi connectivity index (χ0n) is 17.8. The van der Waals surface area contributed by atoms with E-state index in [-0.39, 0.29) is 17.5 Å². The summed E-state index contributed by atoms with van der Waals surface area (Å²) in [7, 11) is 0. The third-order valence-corrected chi connectivity index (χ3v) is 5.36. The van der Waals surface area contributed by atoms with Crippen LogP contribution in [0.1, 0.15) is 28.4 Å². The van der Waals surface area contributed by atoms with Crippen LogP contribution in [0.15, 0.2) is 65.8 Å². The van der Waals surface area contributed by atoms with Gasteiger partial charge in [-0.15, -0.1) is 0 Å². The molecule has 33 heavy (non-hydrogen) atoms. The first-order valence-electron chi connectivity index (χ1n) is 9.82. The van der Waals surface area contributed by atoms with Crippen LogP contribution in [0.25, 0.3) is 0 Å². The van der Waals surface area contributed by atoms with Gasteiger partial charge in [0.15, 0.2) is 6.61 Å². The Morgan fingerprint density at radius 1 is 0.939 bits per heavy atom. The van der Waals surface area contributed by atoms with Crippen LogP contribution in [0, 0.1) is 6.92 Å². The van der Waals surface area contributed by atoms with Crippen LogP contribution in [0.2, 0.25) is 15.1 Å². The molecule has 0 heterocycles. The van der Waals surface area contributed by atoms with Crippen molar-refractivity contribution >= 4 is 58.0 Å². The normalized spacial score (nSPS) is 11.1. The lowest BCUT2D eigenvalue weighted by atomic mass is 10.1. The summed E-state index contributed by atoms with van der Waals surface area (Å²) in [4.78, 5) is 24.5. The molecule has 0 aliphatic heterocycles. The standard InChI is InChI=1S/C24H20Cl3N3O3/c1-14-11-17(25)6-10-22(14)33-13-23(31)30-29-15(2)16-3-7-19(8-4-16)28-24(32)20-9-5-18(26)12-21(20)27/h3-12H,13H2,1-2H3,(H,28,32)(H,30,31). The molecule has 0 atom stereocenters. The quantitative estimate of drug-likeness (QED) is 0.300. The molecule has 0 aliphatic rings. The number of amides is 2. The lowest BCUT2D eigenvalue weighted by Crippen LogP contribution is -2.25. The fourth-order valence-electron chi connectivity index (χ4n) is 2.83. The second kappa shape index (κ2) is 11.2. The third kappa shape index (κ3) is 6.96. The van der Waals surface area contributed by atoms with Crippen LogP contribution in [0.4, 0.5) is 5.69 Å². The molecule has 0 fully saturated rings. The smallest absolute Gasteiger partial charge is 0.277 e. The molecule has 0 aliphatic carbocycles. The van der Waals surface area contributed by atoms with Crippen LogP contribution in [0.3, 0.4) is 0 Å². The minimum absolute atomic E-state index is 0.183. The molecule has 0 bridgehead atoms. The lowest BCUT2D eigenvalue weighted by Gasteiger charge is -2.09. The average Bonchev–Trinajstić information content (AvgIpc) is 2.77. The van der Waals surface area contributed by atoms with Crippen LogP contribution in [-0.2, 0) is 4.79 Å². The second-order valence-electron chi connectivity index (χ2n) is 7.09. The van der Waals surface area contributed by atoms with Gasteiger partial charge in [-0.2, -0.15) is 5.10 Å². The molecule has 170 valence electrons. The van der Waals surface area contributed by atoms with E-state index in [1.165, 1.54) is 6.07 Å².